The smallest absolute Gasteiger partial charge is 0.416 e. The highest BCUT2D eigenvalue weighted by Gasteiger charge is 2.34. The van der Waals surface area contributed by atoms with Crippen molar-refractivity contribution < 1.29 is 31.5 Å². The van der Waals surface area contributed by atoms with Crippen molar-refractivity contribution in [3.63, 3.8) is 0 Å². The molecule has 1 amide bonds. The molecule has 0 spiro atoms. The first kappa shape index (κ1) is 23.9. The Morgan fingerprint density at radius 2 is 1.97 bits per heavy atom. The van der Waals surface area contributed by atoms with Gasteiger partial charge in [0.2, 0.25) is 0 Å². The monoisotopic (exact) mass is 517 g/mol. The minimum Gasteiger partial charge on any atom is -0.436 e. The van der Waals surface area contributed by atoms with Gasteiger partial charge in [0.25, 0.3) is 5.88 Å². The van der Waals surface area contributed by atoms with Crippen LogP contribution in [0, 0.1) is 11.6 Å². The third kappa shape index (κ3) is 4.54. The Morgan fingerprint density at radius 1 is 1.17 bits per heavy atom. The molecule has 2 aromatic heterocycles. The van der Waals surface area contributed by atoms with Gasteiger partial charge >= 0.3 is 16.3 Å². The average Bonchev–Trinajstić information content (AvgIpc) is 2.78. The van der Waals surface area contributed by atoms with E-state index in [1.54, 1.807) is 19.1 Å². The maximum Gasteiger partial charge on any atom is 0.416 e. The zero-order chi connectivity index (χ0) is 25.4. The fourth-order valence-electron chi connectivity index (χ4n) is 3.82. The van der Waals surface area contributed by atoms with Gasteiger partial charge in [0.15, 0.2) is 17.5 Å². The summed E-state index contributed by atoms with van der Waals surface area (Å²) in [5.74, 6) is -1.74. The second-order valence-corrected chi connectivity index (χ2v) is 9.93. The highest BCUT2D eigenvalue weighted by molar-refractivity contribution is 7.90. The van der Waals surface area contributed by atoms with E-state index in [2.05, 4.69) is 14.7 Å². The van der Waals surface area contributed by atoms with Crippen LogP contribution in [0.25, 0.3) is 0 Å². The molecular weight excluding hydrogens is 496 g/mol. The Balaban J connectivity index is 1.35. The summed E-state index contributed by atoms with van der Waals surface area (Å²) in [6, 6.07) is 8.18. The quantitative estimate of drug-likeness (QED) is 0.504. The van der Waals surface area contributed by atoms with Crippen LogP contribution < -0.4 is 14.2 Å². The summed E-state index contributed by atoms with van der Waals surface area (Å²) in [5, 5.41) is 0. The van der Waals surface area contributed by atoms with Gasteiger partial charge in [0.05, 0.1) is 12.6 Å². The molecule has 5 rings (SSSR count). The minimum atomic E-state index is -3.90. The van der Waals surface area contributed by atoms with Crippen LogP contribution >= 0.6 is 0 Å². The van der Waals surface area contributed by atoms with E-state index in [0.717, 1.165) is 6.42 Å². The number of hydrogen-bond donors (Lipinski definition) is 1. The SMILES string of the molecule is C[C@@H]1c2ccc(Oc3ncccc3F)cc2OC(=O)N1Cc1ccnc(NS(=O)(=O)N2CCC2)c1F. The number of carbonyl (C=O) groups is 1. The lowest BCUT2D eigenvalue weighted by Crippen LogP contribution is -2.45. The number of anilines is 1. The van der Waals surface area contributed by atoms with Crippen molar-refractivity contribution in [2.45, 2.75) is 25.9 Å². The number of hydrogen-bond acceptors (Lipinski definition) is 7. The Kier molecular flexibility index (Phi) is 6.18. The molecule has 4 heterocycles. The topological polar surface area (TPSA) is 114 Å². The highest BCUT2D eigenvalue weighted by atomic mass is 32.2. The molecule has 0 radical (unpaired) electrons. The maximum absolute atomic E-state index is 15.1. The van der Waals surface area contributed by atoms with Crippen LogP contribution in [0.3, 0.4) is 0 Å². The maximum atomic E-state index is 15.1. The number of amides is 1. The predicted octanol–water partition coefficient (Wildman–Crippen LogP) is 3.99. The molecular formula is C23H21F2N5O5S. The predicted molar refractivity (Wildman–Crippen MR) is 124 cm³/mol. The summed E-state index contributed by atoms with van der Waals surface area (Å²) >= 11 is 0. The Morgan fingerprint density at radius 3 is 2.69 bits per heavy atom. The molecule has 36 heavy (non-hydrogen) atoms. The molecule has 1 N–H and O–H groups in total. The van der Waals surface area contributed by atoms with Crippen LogP contribution in [0.5, 0.6) is 17.4 Å². The number of halogens is 2. The molecule has 1 saturated heterocycles. The third-order valence-corrected chi connectivity index (χ3v) is 7.46. The lowest BCUT2D eigenvalue weighted by Gasteiger charge is -2.34. The van der Waals surface area contributed by atoms with E-state index in [0.29, 0.717) is 18.7 Å². The molecule has 0 unspecified atom stereocenters. The summed E-state index contributed by atoms with van der Waals surface area (Å²) in [4.78, 5) is 21.7. The molecule has 1 fully saturated rings. The molecule has 1 atom stereocenters. The van der Waals surface area contributed by atoms with Crippen LogP contribution in [0.2, 0.25) is 0 Å². The molecule has 0 saturated carbocycles. The average molecular weight is 518 g/mol. The number of benzene rings is 1. The van der Waals surface area contributed by atoms with Gasteiger partial charge < -0.3 is 9.47 Å². The van der Waals surface area contributed by atoms with E-state index in [4.69, 9.17) is 9.47 Å². The first-order valence-electron chi connectivity index (χ1n) is 11.0. The van der Waals surface area contributed by atoms with Crippen LogP contribution in [-0.4, -0.2) is 46.8 Å². The third-order valence-electron chi connectivity index (χ3n) is 5.96. The van der Waals surface area contributed by atoms with Gasteiger partial charge in [0.1, 0.15) is 11.5 Å². The minimum absolute atomic E-state index is 0.0594. The summed E-state index contributed by atoms with van der Waals surface area (Å²) in [7, 11) is -3.90. The number of pyridine rings is 2. The van der Waals surface area contributed by atoms with Gasteiger partial charge in [-0.2, -0.15) is 12.7 Å². The second-order valence-electron chi connectivity index (χ2n) is 8.26. The number of nitrogens with one attached hydrogen (secondary N) is 1. The fraction of sp³-hybridized carbons (Fsp3) is 0.261. The zero-order valence-electron chi connectivity index (χ0n) is 19.0. The van der Waals surface area contributed by atoms with Crippen LogP contribution in [0.4, 0.5) is 19.4 Å². The number of nitrogens with zero attached hydrogens (tertiary/aromatic N) is 4. The Bertz CT molecular complexity index is 1430. The first-order valence-corrected chi connectivity index (χ1v) is 12.5. The molecule has 10 nitrogen and oxygen atoms in total. The van der Waals surface area contributed by atoms with E-state index in [9.17, 15) is 17.6 Å². The van der Waals surface area contributed by atoms with Gasteiger partial charge in [-0.15, -0.1) is 0 Å². The van der Waals surface area contributed by atoms with E-state index in [1.807, 2.05) is 0 Å². The molecule has 0 aliphatic carbocycles. The lowest BCUT2D eigenvalue weighted by atomic mass is 10.0. The summed E-state index contributed by atoms with van der Waals surface area (Å²) in [6.07, 6.45) is 2.65. The van der Waals surface area contributed by atoms with Gasteiger partial charge in [-0.05, 0) is 43.7 Å². The molecule has 3 aromatic rings. The molecule has 13 heteroatoms. The van der Waals surface area contributed by atoms with Crippen molar-refractivity contribution in [2.24, 2.45) is 0 Å². The number of ether oxygens (including phenoxy) is 2. The van der Waals surface area contributed by atoms with Crippen molar-refractivity contribution >= 4 is 22.1 Å². The van der Waals surface area contributed by atoms with Crippen molar-refractivity contribution in [1.82, 2.24) is 19.2 Å². The first-order chi connectivity index (χ1) is 17.2. The Labute approximate surface area is 205 Å². The largest absolute Gasteiger partial charge is 0.436 e. The summed E-state index contributed by atoms with van der Waals surface area (Å²) < 4.78 is 67.9. The van der Waals surface area contributed by atoms with Crippen molar-refractivity contribution in [1.29, 1.82) is 0 Å². The number of aromatic nitrogens is 2. The molecule has 2 aliphatic heterocycles. The highest BCUT2D eigenvalue weighted by Crippen LogP contribution is 2.39. The zero-order valence-corrected chi connectivity index (χ0v) is 19.8. The summed E-state index contributed by atoms with van der Waals surface area (Å²) in [5.41, 5.74) is 0.681. The molecule has 2 aliphatic rings. The molecule has 188 valence electrons. The van der Waals surface area contributed by atoms with Gasteiger partial charge in [-0.3, -0.25) is 9.62 Å². The lowest BCUT2D eigenvalue weighted by molar-refractivity contribution is 0.116. The number of rotatable bonds is 7. The van der Waals surface area contributed by atoms with Crippen molar-refractivity contribution in [3.05, 3.63) is 71.6 Å². The Hall–Kier alpha value is -3.84. The van der Waals surface area contributed by atoms with Gasteiger partial charge in [-0.25, -0.2) is 23.5 Å². The number of carbonyl (C=O) groups excluding carboxylic acids is 1. The van der Waals surface area contributed by atoms with Crippen LogP contribution in [-0.2, 0) is 16.8 Å². The van der Waals surface area contributed by atoms with Crippen molar-refractivity contribution in [2.75, 3.05) is 17.8 Å². The van der Waals surface area contributed by atoms with E-state index in [1.165, 1.54) is 45.9 Å². The molecule has 0 bridgehead atoms. The van der Waals surface area contributed by atoms with E-state index < -0.39 is 39.8 Å². The van der Waals surface area contributed by atoms with Gasteiger partial charge in [-0.1, -0.05) is 0 Å². The van der Waals surface area contributed by atoms with E-state index >= 15 is 4.39 Å². The van der Waals surface area contributed by atoms with Crippen LogP contribution in [0.15, 0.2) is 48.8 Å². The van der Waals surface area contributed by atoms with Crippen LogP contribution in [0.1, 0.15) is 30.5 Å². The standard InChI is InChI=1S/C23H21F2N5O5S/c1-14-17-6-5-16(34-22-18(24)4-2-8-27-22)12-19(17)35-23(31)30(14)13-15-7-9-26-21(20(15)25)28-36(32,33)29-10-3-11-29/h2,4-9,12,14H,3,10-11,13H2,1H3,(H,26,28)/t14-/m1/s1. The molecule has 1 aromatic carbocycles. The summed E-state index contributed by atoms with van der Waals surface area (Å²) in [6.45, 7) is 2.27. The van der Waals surface area contributed by atoms with Crippen molar-refractivity contribution in [3.8, 4) is 17.4 Å². The van der Waals surface area contributed by atoms with E-state index in [-0.39, 0.29) is 29.5 Å². The number of fused-ring (bicyclic) bond motifs is 1. The second kappa shape index (κ2) is 9.32. The van der Waals surface area contributed by atoms with Gasteiger partial charge in [0, 0.05) is 42.7 Å². The normalized spacial score (nSPS) is 17.7. The fourth-order valence-corrected chi connectivity index (χ4v) is 5.08.